The number of carbonyl (C=O) groups is 1. The molecular formula is C28H33N3O4. The molecule has 2 fully saturated rings. The molecule has 7 heteroatoms. The van der Waals surface area contributed by atoms with E-state index in [1.807, 2.05) is 29.2 Å². The summed E-state index contributed by atoms with van der Waals surface area (Å²) >= 11 is 0. The van der Waals surface area contributed by atoms with Gasteiger partial charge < -0.3 is 23.7 Å². The van der Waals surface area contributed by atoms with Gasteiger partial charge in [0.25, 0.3) is 0 Å². The molecular weight excluding hydrogens is 442 g/mol. The molecule has 1 saturated carbocycles. The topological polar surface area (TPSA) is 68.0 Å². The molecule has 184 valence electrons. The van der Waals surface area contributed by atoms with Crippen molar-refractivity contribution >= 4 is 11.6 Å². The molecule has 0 radical (unpaired) electrons. The molecule has 7 nitrogen and oxygen atoms in total. The Kier molecular flexibility index (Phi) is 6.93. The number of rotatable bonds is 8. The minimum Gasteiger partial charge on any atom is -0.493 e. The number of hydrogen-bond acceptors (Lipinski definition) is 6. The number of aryl methyl sites for hydroxylation is 1. The number of methoxy groups -OCH3 is 1. The molecule has 1 atom stereocenters. The van der Waals surface area contributed by atoms with Crippen LogP contribution in [0.3, 0.4) is 0 Å². The second-order valence-corrected chi connectivity index (χ2v) is 9.40. The quantitative estimate of drug-likeness (QED) is 0.480. The maximum Gasteiger partial charge on any atom is 0.230 e. The smallest absolute Gasteiger partial charge is 0.230 e. The van der Waals surface area contributed by atoms with Gasteiger partial charge in [0.05, 0.1) is 31.9 Å². The van der Waals surface area contributed by atoms with Crippen molar-refractivity contribution in [3.05, 3.63) is 71.9 Å². The van der Waals surface area contributed by atoms with Gasteiger partial charge in [-0.3, -0.25) is 4.79 Å². The average Bonchev–Trinajstić information content (AvgIpc) is 3.26. The number of aromatic nitrogens is 1. The van der Waals surface area contributed by atoms with Gasteiger partial charge in [-0.25, -0.2) is 4.98 Å². The fourth-order valence-corrected chi connectivity index (χ4v) is 4.84. The molecule has 5 rings (SSSR count). The number of oxazole rings is 1. The van der Waals surface area contributed by atoms with Gasteiger partial charge in [-0.05, 0) is 43.4 Å². The fraction of sp³-hybridized carbons (Fsp3) is 0.429. The second kappa shape index (κ2) is 10.4. The van der Waals surface area contributed by atoms with Crippen LogP contribution in [0.5, 0.6) is 11.5 Å². The van der Waals surface area contributed by atoms with Gasteiger partial charge in [-0.2, -0.15) is 0 Å². The Balaban J connectivity index is 1.35. The predicted octanol–water partition coefficient (Wildman–Crippen LogP) is 4.43. The summed E-state index contributed by atoms with van der Waals surface area (Å²) < 4.78 is 17.3. The van der Waals surface area contributed by atoms with Crippen LogP contribution in [0.15, 0.2) is 59.1 Å². The molecule has 2 aromatic carbocycles. The molecule has 2 aliphatic rings. The highest BCUT2D eigenvalue weighted by Gasteiger charge is 2.32. The van der Waals surface area contributed by atoms with Crippen molar-refractivity contribution < 1.29 is 18.7 Å². The lowest BCUT2D eigenvalue weighted by Crippen LogP contribution is -2.56. The molecule has 1 amide bonds. The lowest BCUT2D eigenvalue weighted by Gasteiger charge is -2.43. The molecule has 35 heavy (non-hydrogen) atoms. The van der Waals surface area contributed by atoms with Crippen LogP contribution in [-0.4, -0.2) is 54.7 Å². The molecule has 0 bridgehead atoms. The summed E-state index contributed by atoms with van der Waals surface area (Å²) in [4.78, 5) is 21.8. The number of amides is 1. The highest BCUT2D eigenvalue weighted by Crippen LogP contribution is 2.36. The number of piperazine rings is 1. The van der Waals surface area contributed by atoms with Crippen LogP contribution >= 0.6 is 0 Å². The van der Waals surface area contributed by atoms with Crippen molar-refractivity contribution in [2.24, 2.45) is 0 Å². The van der Waals surface area contributed by atoms with Crippen LogP contribution in [0.1, 0.15) is 36.5 Å². The first-order chi connectivity index (χ1) is 17.1. The van der Waals surface area contributed by atoms with E-state index in [2.05, 4.69) is 34.1 Å². The zero-order chi connectivity index (χ0) is 24.2. The zero-order valence-corrected chi connectivity index (χ0v) is 20.5. The average molecular weight is 476 g/mol. The summed E-state index contributed by atoms with van der Waals surface area (Å²) in [6.07, 6.45) is 6.36. The number of ether oxygens (including phenoxy) is 2. The minimum atomic E-state index is 0.0424. The van der Waals surface area contributed by atoms with Gasteiger partial charge in [0.2, 0.25) is 5.91 Å². The van der Waals surface area contributed by atoms with Crippen LogP contribution in [0.25, 0.3) is 0 Å². The van der Waals surface area contributed by atoms with Gasteiger partial charge in [0.1, 0.15) is 5.76 Å². The summed E-state index contributed by atoms with van der Waals surface area (Å²) in [5.41, 5.74) is 2.31. The molecule has 3 aromatic rings. The molecule has 0 spiro atoms. The first-order valence-electron chi connectivity index (χ1n) is 12.4. The van der Waals surface area contributed by atoms with Gasteiger partial charge >= 0.3 is 0 Å². The summed E-state index contributed by atoms with van der Waals surface area (Å²) in [7, 11) is 1.68. The van der Waals surface area contributed by atoms with E-state index in [0.29, 0.717) is 18.2 Å². The van der Waals surface area contributed by atoms with Crippen LogP contribution in [0, 0.1) is 6.92 Å². The minimum absolute atomic E-state index is 0.0424. The highest BCUT2D eigenvalue weighted by atomic mass is 16.5. The largest absolute Gasteiger partial charge is 0.493 e. The van der Waals surface area contributed by atoms with Crippen molar-refractivity contribution in [1.29, 1.82) is 0 Å². The van der Waals surface area contributed by atoms with E-state index in [1.54, 1.807) is 20.2 Å². The second-order valence-electron chi connectivity index (χ2n) is 9.40. The first kappa shape index (κ1) is 23.3. The Morgan fingerprint density at radius 3 is 2.63 bits per heavy atom. The third-order valence-corrected chi connectivity index (χ3v) is 6.97. The van der Waals surface area contributed by atoms with Gasteiger partial charge in [0.15, 0.2) is 17.4 Å². The maximum atomic E-state index is 13.3. The van der Waals surface area contributed by atoms with Gasteiger partial charge in [0, 0.05) is 38.3 Å². The molecule has 1 aliphatic heterocycles. The molecule has 1 saturated heterocycles. The van der Waals surface area contributed by atoms with Crippen molar-refractivity contribution in [3.8, 4) is 11.5 Å². The summed E-state index contributed by atoms with van der Waals surface area (Å²) in [5.74, 6) is 2.83. The maximum absolute atomic E-state index is 13.3. The zero-order valence-electron chi connectivity index (χ0n) is 20.5. The summed E-state index contributed by atoms with van der Waals surface area (Å²) in [6, 6.07) is 16.6. The van der Waals surface area contributed by atoms with Crippen LogP contribution < -0.4 is 14.4 Å². The fourth-order valence-electron chi connectivity index (χ4n) is 4.84. The van der Waals surface area contributed by atoms with E-state index in [9.17, 15) is 4.79 Å². The van der Waals surface area contributed by atoms with Gasteiger partial charge in [-0.1, -0.05) is 30.3 Å². The van der Waals surface area contributed by atoms with Crippen LogP contribution in [0.4, 0.5) is 5.69 Å². The van der Waals surface area contributed by atoms with Crippen molar-refractivity contribution in [2.75, 3.05) is 31.6 Å². The number of benzene rings is 2. The summed E-state index contributed by atoms with van der Waals surface area (Å²) in [5, 5.41) is 0. The first-order valence-corrected chi connectivity index (χ1v) is 12.4. The number of nitrogens with zero attached hydrogens (tertiary/aromatic N) is 3. The SMILES string of the molecule is COc1ccc(N2CCN(C(=O)Cc3cnc(C)o3)C(Cc3ccccc3)C2)cc1OC1CCC1. The van der Waals surface area contributed by atoms with E-state index in [0.717, 1.165) is 49.5 Å². The Bertz CT molecular complexity index is 1140. The molecule has 1 unspecified atom stereocenters. The third-order valence-electron chi connectivity index (χ3n) is 6.97. The van der Waals surface area contributed by atoms with Crippen LogP contribution in [-0.2, 0) is 17.6 Å². The van der Waals surface area contributed by atoms with E-state index < -0.39 is 0 Å². The van der Waals surface area contributed by atoms with E-state index in [1.165, 1.54) is 12.0 Å². The van der Waals surface area contributed by atoms with Crippen molar-refractivity contribution in [1.82, 2.24) is 9.88 Å². The van der Waals surface area contributed by atoms with E-state index in [4.69, 9.17) is 13.9 Å². The van der Waals surface area contributed by atoms with E-state index >= 15 is 0 Å². The third kappa shape index (κ3) is 5.45. The molecule has 1 aromatic heterocycles. The monoisotopic (exact) mass is 475 g/mol. The Morgan fingerprint density at radius 2 is 1.94 bits per heavy atom. The van der Waals surface area contributed by atoms with Crippen molar-refractivity contribution in [2.45, 2.75) is 51.2 Å². The normalized spacial score (nSPS) is 18.3. The highest BCUT2D eigenvalue weighted by molar-refractivity contribution is 5.79. The molecule has 2 heterocycles. The number of hydrogen-bond donors (Lipinski definition) is 0. The number of anilines is 1. The Labute approximate surface area is 206 Å². The van der Waals surface area contributed by atoms with Gasteiger partial charge in [-0.15, -0.1) is 0 Å². The predicted molar refractivity (Wildman–Crippen MR) is 134 cm³/mol. The Morgan fingerprint density at radius 1 is 1.11 bits per heavy atom. The lowest BCUT2D eigenvalue weighted by molar-refractivity contribution is -0.133. The summed E-state index contributed by atoms with van der Waals surface area (Å²) in [6.45, 7) is 3.93. The standard InChI is InChI=1S/C28H33N3O4/c1-20-29-18-25(34-20)17-28(32)31-14-13-30(19-23(31)15-21-7-4-3-5-8-21)22-11-12-26(33-2)27(16-22)35-24-9-6-10-24/h3-5,7-8,11-12,16,18,23-24H,6,9-10,13-15,17,19H2,1-2H3. The van der Waals surface area contributed by atoms with Crippen LogP contribution in [0.2, 0.25) is 0 Å². The number of carbonyl (C=O) groups excluding carboxylic acids is 1. The lowest BCUT2D eigenvalue weighted by atomic mass is 9.96. The van der Waals surface area contributed by atoms with Crippen molar-refractivity contribution in [3.63, 3.8) is 0 Å². The Hall–Kier alpha value is -3.48. The molecule has 1 aliphatic carbocycles. The van der Waals surface area contributed by atoms with E-state index in [-0.39, 0.29) is 24.5 Å². The molecule has 0 N–H and O–H groups in total.